The minimum atomic E-state index is -0.937. The van der Waals surface area contributed by atoms with Crippen molar-refractivity contribution < 1.29 is 14.3 Å². The first kappa shape index (κ1) is 14.1. The molecule has 0 spiro atoms. The minimum absolute atomic E-state index is 0.508. The molecule has 0 bridgehead atoms. The van der Waals surface area contributed by atoms with Crippen LogP contribution in [0.5, 0.6) is 0 Å². The van der Waals surface area contributed by atoms with Gasteiger partial charge < -0.3 is 15.2 Å². The highest BCUT2D eigenvalue weighted by Crippen LogP contribution is 2.13. The van der Waals surface area contributed by atoms with E-state index in [2.05, 4.69) is 11.7 Å². The number of carbonyl (C=O) groups excluding carboxylic acids is 1. The molecule has 1 unspecified atom stereocenters. The number of hydrogen-bond acceptors (Lipinski definition) is 5. The molecule has 0 fully saturated rings. The zero-order valence-corrected chi connectivity index (χ0v) is 10.0. The highest BCUT2D eigenvalue weighted by Gasteiger charge is 2.27. The number of hydrogen-bond donors (Lipinski definition) is 1. The fraction of sp³-hybridized carbons (Fsp3) is 0.800. The highest BCUT2D eigenvalue weighted by molar-refractivity contribution is 5.74. The molecule has 88 valence electrons. The molecule has 0 heterocycles. The first-order valence-electron chi connectivity index (χ1n) is 4.75. The average molecular weight is 216 g/mol. The van der Waals surface area contributed by atoms with Crippen molar-refractivity contribution in [1.82, 2.24) is 0 Å². The van der Waals surface area contributed by atoms with Crippen LogP contribution in [0.3, 0.4) is 0 Å². The molecule has 0 aliphatic heterocycles. The van der Waals surface area contributed by atoms with Crippen molar-refractivity contribution in [3.8, 4) is 0 Å². The van der Waals surface area contributed by atoms with Crippen LogP contribution in [0.2, 0.25) is 0 Å². The Hall–Kier alpha value is -0.940. The molecule has 0 saturated carbocycles. The van der Waals surface area contributed by atoms with Crippen LogP contribution in [0.15, 0.2) is 4.99 Å². The third-order valence-corrected chi connectivity index (χ3v) is 1.54. The highest BCUT2D eigenvalue weighted by atomic mass is 16.6. The number of aliphatic imine (C=N–C) groups is 1. The lowest BCUT2D eigenvalue weighted by molar-refractivity contribution is -0.176. The minimum Gasteiger partial charge on any atom is -0.436 e. The van der Waals surface area contributed by atoms with Gasteiger partial charge >= 0.3 is 5.97 Å². The van der Waals surface area contributed by atoms with E-state index in [1.807, 2.05) is 0 Å². The Bertz CT molecular complexity index is 244. The average Bonchev–Trinajstić information content (AvgIpc) is 2.00. The second kappa shape index (κ2) is 4.72. The molecule has 0 aliphatic rings. The van der Waals surface area contributed by atoms with Crippen molar-refractivity contribution in [2.75, 3.05) is 0 Å². The predicted octanol–water partition coefficient (Wildman–Crippen LogP) is 1.07. The molecule has 15 heavy (non-hydrogen) atoms. The maximum absolute atomic E-state index is 11.5. The maximum atomic E-state index is 11.5. The lowest BCUT2D eigenvalue weighted by Crippen LogP contribution is -2.43. The topological polar surface area (TPSA) is 73.9 Å². The molecule has 0 aliphatic carbocycles. The van der Waals surface area contributed by atoms with Crippen LogP contribution in [0.1, 0.15) is 34.6 Å². The largest absolute Gasteiger partial charge is 0.436 e. The zero-order valence-electron chi connectivity index (χ0n) is 10.0. The van der Waals surface area contributed by atoms with Gasteiger partial charge in [0.25, 0.3) is 0 Å². The van der Waals surface area contributed by atoms with E-state index in [0.717, 1.165) is 0 Å². The number of rotatable bonds is 5. The first-order valence-corrected chi connectivity index (χ1v) is 4.75. The van der Waals surface area contributed by atoms with Gasteiger partial charge in [-0.2, -0.15) is 0 Å². The molecule has 0 radical (unpaired) electrons. The van der Waals surface area contributed by atoms with Gasteiger partial charge in [-0.1, -0.05) is 0 Å². The number of ether oxygens (including phenoxy) is 2. The molecule has 0 saturated heterocycles. The van der Waals surface area contributed by atoms with Crippen LogP contribution < -0.4 is 5.73 Å². The van der Waals surface area contributed by atoms with Crippen molar-refractivity contribution in [2.24, 2.45) is 10.7 Å². The van der Waals surface area contributed by atoms with Crippen LogP contribution in [0, 0.1) is 0 Å². The van der Waals surface area contributed by atoms with Gasteiger partial charge in [-0.05, 0) is 41.3 Å². The van der Waals surface area contributed by atoms with Crippen LogP contribution in [0.25, 0.3) is 0 Å². The Balaban J connectivity index is 4.29. The molecule has 5 heteroatoms. The normalized spacial score (nSPS) is 14.5. The van der Waals surface area contributed by atoms with E-state index < -0.39 is 23.5 Å². The van der Waals surface area contributed by atoms with Crippen LogP contribution >= 0.6 is 0 Å². The summed E-state index contributed by atoms with van der Waals surface area (Å²) in [5, 5.41) is 0. The fourth-order valence-electron chi connectivity index (χ4n) is 0.865. The van der Waals surface area contributed by atoms with E-state index in [4.69, 9.17) is 15.2 Å². The van der Waals surface area contributed by atoms with E-state index in [1.54, 1.807) is 34.6 Å². The molecular formula is C10H20N2O3. The third kappa shape index (κ3) is 6.19. The van der Waals surface area contributed by atoms with Crippen molar-refractivity contribution in [3.05, 3.63) is 0 Å². The molecular weight excluding hydrogens is 196 g/mol. The summed E-state index contributed by atoms with van der Waals surface area (Å²) in [4.78, 5) is 15.2. The Morgan fingerprint density at radius 1 is 1.40 bits per heavy atom. The number of esters is 1. The lowest BCUT2D eigenvalue weighted by Gasteiger charge is -2.26. The Labute approximate surface area is 90.6 Å². The molecule has 0 amide bonds. The molecule has 1 atom stereocenters. The molecule has 0 aromatic carbocycles. The second-order valence-electron chi connectivity index (χ2n) is 4.39. The fourth-order valence-corrected chi connectivity index (χ4v) is 0.865. The number of nitrogens with zero attached hydrogens (tertiary/aromatic N) is 1. The van der Waals surface area contributed by atoms with Crippen LogP contribution in [-0.4, -0.2) is 30.2 Å². The summed E-state index contributed by atoms with van der Waals surface area (Å²) in [5.74, 6) is -0.508. The van der Waals surface area contributed by atoms with E-state index >= 15 is 0 Å². The third-order valence-electron chi connectivity index (χ3n) is 1.54. The lowest BCUT2D eigenvalue weighted by atomic mass is 10.3. The van der Waals surface area contributed by atoms with Crippen molar-refractivity contribution in [2.45, 2.75) is 52.2 Å². The van der Waals surface area contributed by atoms with Gasteiger partial charge in [0.15, 0.2) is 11.8 Å². The van der Waals surface area contributed by atoms with E-state index in [9.17, 15) is 4.79 Å². The second-order valence-corrected chi connectivity index (χ2v) is 4.39. The summed E-state index contributed by atoms with van der Waals surface area (Å²) in [6.07, 6.45) is -0.731. The first-order chi connectivity index (χ1) is 6.57. The van der Waals surface area contributed by atoms with Crippen molar-refractivity contribution in [1.29, 1.82) is 0 Å². The van der Waals surface area contributed by atoms with E-state index in [-0.39, 0.29) is 0 Å². The van der Waals surface area contributed by atoms with E-state index in [1.165, 1.54) is 0 Å². The van der Waals surface area contributed by atoms with Gasteiger partial charge in [0, 0.05) is 0 Å². The van der Waals surface area contributed by atoms with Gasteiger partial charge in [0.2, 0.25) is 0 Å². The molecule has 0 aromatic rings. The molecule has 5 nitrogen and oxygen atoms in total. The van der Waals surface area contributed by atoms with Crippen molar-refractivity contribution in [3.63, 3.8) is 0 Å². The number of carbonyl (C=O) groups is 1. The molecule has 0 rings (SSSR count). The van der Waals surface area contributed by atoms with Crippen LogP contribution in [-0.2, 0) is 14.3 Å². The smallest absolute Gasteiger partial charge is 0.337 e. The molecule has 2 N–H and O–H groups in total. The van der Waals surface area contributed by atoms with Gasteiger partial charge in [-0.25, -0.2) is 4.79 Å². The van der Waals surface area contributed by atoms with E-state index in [0.29, 0.717) is 0 Å². The van der Waals surface area contributed by atoms with Gasteiger partial charge in [-0.15, -0.1) is 0 Å². The Kier molecular flexibility index (Phi) is 4.42. The summed E-state index contributed by atoms with van der Waals surface area (Å²) < 4.78 is 10.3. The zero-order chi connectivity index (χ0) is 12.3. The summed E-state index contributed by atoms with van der Waals surface area (Å²) in [6, 6.07) is 0. The van der Waals surface area contributed by atoms with Crippen LogP contribution in [0.4, 0.5) is 0 Å². The number of nitrogens with two attached hydrogens (primary N) is 1. The molecule has 0 aromatic heterocycles. The predicted molar refractivity (Wildman–Crippen MR) is 58.5 cm³/mol. The summed E-state index contributed by atoms with van der Waals surface area (Å²) in [7, 11) is 0. The monoisotopic (exact) mass is 216 g/mol. The quantitative estimate of drug-likeness (QED) is 0.424. The summed E-state index contributed by atoms with van der Waals surface area (Å²) in [6.45, 7) is 11.5. The summed E-state index contributed by atoms with van der Waals surface area (Å²) in [5.41, 5.74) is 3.80. The van der Waals surface area contributed by atoms with Gasteiger partial charge in [0.1, 0.15) is 5.72 Å². The van der Waals surface area contributed by atoms with Gasteiger partial charge in [-0.3, -0.25) is 4.99 Å². The SMILES string of the molecule is C=NC(C)(C)OC(=O)C(C)OC(C)(C)N. The standard InChI is InChI=1S/C10H20N2O3/c1-7(14-9(2,3)11)8(13)15-10(4,5)12-6/h7H,6,11H2,1-5H3. The summed E-state index contributed by atoms with van der Waals surface area (Å²) >= 11 is 0. The Morgan fingerprint density at radius 2 is 1.87 bits per heavy atom. The van der Waals surface area contributed by atoms with Crippen molar-refractivity contribution >= 4 is 12.7 Å². The van der Waals surface area contributed by atoms with Gasteiger partial charge in [0.05, 0.1) is 0 Å². The Morgan fingerprint density at radius 3 is 2.20 bits per heavy atom. The maximum Gasteiger partial charge on any atom is 0.337 e.